The van der Waals surface area contributed by atoms with Gasteiger partial charge in [0.2, 0.25) is 5.91 Å². The molecule has 1 aromatic heterocycles. The van der Waals surface area contributed by atoms with Crippen molar-refractivity contribution in [3.05, 3.63) is 88.1 Å². The quantitative estimate of drug-likeness (QED) is 0.672. The Balaban J connectivity index is 1.88. The zero-order valence-electron chi connectivity index (χ0n) is 13.2. The molecule has 6 heteroatoms. The van der Waals surface area contributed by atoms with Crippen molar-refractivity contribution in [1.29, 1.82) is 0 Å². The van der Waals surface area contributed by atoms with Gasteiger partial charge in [0.15, 0.2) is 5.82 Å². The molecule has 0 saturated heterocycles. The maximum atomic E-state index is 12.9. The molecule has 3 aromatic rings. The number of hydrogen-bond donors (Lipinski definition) is 3. The number of aromatic nitrogens is 3. The third-order valence-electron chi connectivity index (χ3n) is 3.82. The average molecular weight is 322 g/mol. The van der Waals surface area contributed by atoms with Gasteiger partial charge in [0.05, 0.1) is 12.0 Å². The fourth-order valence-electron chi connectivity index (χ4n) is 2.64. The van der Waals surface area contributed by atoms with Crippen LogP contribution in [0.2, 0.25) is 0 Å². The number of nitrogens with one attached hydrogen (secondary N) is 3. The second-order valence-corrected chi connectivity index (χ2v) is 5.55. The second kappa shape index (κ2) is 6.95. The number of carbonyl (C=O) groups is 1. The molecule has 1 amide bonds. The normalized spacial score (nSPS) is 12.1. The summed E-state index contributed by atoms with van der Waals surface area (Å²) in [5, 5.41) is 9.08. The maximum absolute atomic E-state index is 12.9. The van der Waals surface area contributed by atoms with E-state index in [-0.39, 0.29) is 5.91 Å². The van der Waals surface area contributed by atoms with Crippen LogP contribution in [0.5, 0.6) is 0 Å². The van der Waals surface area contributed by atoms with Crippen LogP contribution in [0.4, 0.5) is 0 Å². The highest BCUT2D eigenvalue weighted by Crippen LogP contribution is 2.25. The average Bonchev–Trinajstić information content (AvgIpc) is 3.04. The van der Waals surface area contributed by atoms with Crippen molar-refractivity contribution in [2.24, 2.45) is 0 Å². The molecular formula is C18H18N4O2. The molecule has 0 aliphatic rings. The lowest BCUT2D eigenvalue weighted by Gasteiger charge is -2.20. The molecule has 1 heterocycles. The Hall–Kier alpha value is -3.15. The molecule has 122 valence electrons. The van der Waals surface area contributed by atoms with Crippen LogP contribution in [-0.4, -0.2) is 21.1 Å². The Morgan fingerprint density at radius 3 is 2.00 bits per heavy atom. The van der Waals surface area contributed by atoms with Crippen LogP contribution in [0.1, 0.15) is 35.8 Å². The van der Waals surface area contributed by atoms with Gasteiger partial charge in [-0.2, -0.15) is 5.10 Å². The largest absolute Gasteiger partial charge is 0.346 e. The van der Waals surface area contributed by atoms with E-state index in [2.05, 4.69) is 20.5 Å². The van der Waals surface area contributed by atoms with E-state index in [1.54, 1.807) is 6.92 Å². The van der Waals surface area contributed by atoms with Gasteiger partial charge >= 0.3 is 5.69 Å². The van der Waals surface area contributed by atoms with Gasteiger partial charge in [0.1, 0.15) is 0 Å². The van der Waals surface area contributed by atoms with Crippen molar-refractivity contribution in [1.82, 2.24) is 20.5 Å². The predicted molar refractivity (Wildman–Crippen MR) is 90.5 cm³/mol. The van der Waals surface area contributed by atoms with Crippen LogP contribution >= 0.6 is 0 Å². The van der Waals surface area contributed by atoms with E-state index < -0.39 is 17.6 Å². The van der Waals surface area contributed by atoms with Crippen LogP contribution in [-0.2, 0) is 4.79 Å². The highest BCUT2D eigenvalue weighted by Gasteiger charge is 2.24. The lowest BCUT2D eigenvalue weighted by atomic mass is 9.90. The summed E-state index contributed by atoms with van der Waals surface area (Å²) < 4.78 is 0. The number of aromatic amines is 2. The summed E-state index contributed by atoms with van der Waals surface area (Å²) in [6, 6.07) is 18.8. The number of hydrogen-bond acceptors (Lipinski definition) is 3. The molecule has 1 atom stereocenters. The Bertz CT molecular complexity index is 816. The molecule has 0 radical (unpaired) electrons. The summed E-state index contributed by atoms with van der Waals surface area (Å²) in [6.07, 6.45) is 0. The molecule has 2 aromatic carbocycles. The van der Waals surface area contributed by atoms with Gasteiger partial charge in [0.25, 0.3) is 0 Å². The number of benzene rings is 2. The fourth-order valence-corrected chi connectivity index (χ4v) is 2.64. The minimum Gasteiger partial charge on any atom is -0.346 e. The molecule has 3 N–H and O–H groups in total. The van der Waals surface area contributed by atoms with E-state index in [9.17, 15) is 9.59 Å². The van der Waals surface area contributed by atoms with Crippen LogP contribution in [0.15, 0.2) is 65.5 Å². The standard InChI is InChI=1S/C18H18N4O2/c1-12(16-20-18(24)22-21-16)19-17(23)15(13-8-4-2-5-9-13)14-10-6-3-7-11-14/h2-12,15H,1H3,(H,19,23)(H2,20,21,22,24)/t12-/m0/s1. The summed E-state index contributed by atoms with van der Waals surface area (Å²) in [4.78, 5) is 26.6. The molecule has 0 bridgehead atoms. The third-order valence-corrected chi connectivity index (χ3v) is 3.82. The van der Waals surface area contributed by atoms with E-state index in [4.69, 9.17) is 0 Å². The van der Waals surface area contributed by atoms with Crippen LogP contribution in [0.3, 0.4) is 0 Å². The molecule has 3 rings (SSSR count). The first-order chi connectivity index (χ1) is 11.6. The van der Waals surface area contributed by atoms with Crippen LogP contribution < -0.4 is 11.0 Å². The van der Waals surface area contributed by atoms with E-state index in [1.165, 1.54) is 0 Å². The highest BCUT2D eigenvalue weighted by atomic mass is 16.2. The Morgan fingerprint density at radius 1 is 1.00 bits per heavy atom. The Kier molecular flexibility index (Phi) is 4.56. The number of nitrogens with zero attached hydrogens (tertiary/aromatic N) is 1. The molecule has 0 aliphatic heterocycles. The van der Waals surface area contributed by atoms with Gasteiger partial charge < -0.3 is 5.32 Å². The Morgan fingerprint density at radius 2 is 1.54 bits per heavy atom. The summed E-state index contributed by atoms with van der Waals surface area (Å²) in [7, 11) is 0. The molecule has 24 heavy (non-hydrogen) atoms. The van der Waals surface area contributed by atoms with Crippen molar-refractivity contribution in [3.8, 4) is 0 Å². The molecule has 0 aliphatic carbocycles. The number of amides is 1. The molecular weight excluding hydrogens is 304 g/mol. The molecule has 0 fully saturated rings. The van der Waals surface area contributed by atoms with Crippen molar-refractivity contribution in [2.45, 2.75) is 18.9 Å². The van der Waals surface area contributed by atoms with Crippen molar-refractivity contribution in [3.63, 3.8) is 0 Å². The van der Waals surface area contributed by atoms with Crippen LogP contribution in [0.25, 0.3) is 0 Å². The summed E-state index contributed by atoms with van der Waals surface area (Å²) >= 11 is 0. The van der Waals surface area contributed by atoms with Crippen molar-refractivity contribution < 1.29 is 4.79 Å². The SMILES string of the molecule is C[C@H](NC(=O)C(c1ccccc1)c1ccccc1)c1n[nH]c(=O)[nH]1. The zero-order chi connectivity index (χ0) is 16.9. The van der Waals surface area contributed by atoms with E-state index in [1.807, 2.05) is 60.7 Å². The van der Waals surface area contributed by atoms with E-state index >= 15 is 0 Å². The van der Waals surface area contributed by atoms with Gasteiger partial charge in [0, 0.05) is 0 Å². The van der Waals surface area contributed by atoms with E-state index in [0.717, 1.165) is 11.1 Å². The van der Waals surface area contributed by atoms with Gasteiger partial charge in [-0.1, -0.05) is 60.7 Å². The van der Waals surface area contributed by atoms with Crippen molar-refractivity contribution >= 4 is 5.91 Å². The van der Waals surface area contributed by atoms with Crippen molar-refractivity contribution in [2.75, 3.05) is 0 Å². The molecule has 0 unspecified atom stereocenters. The first-order valence-electron chi connectivity index (χ1n) is 7.70. The predicted octanol–water partition coefficient (Wildman–Crippen LogP) is 2.11. The molecule has 0 spiro atoms. The van der Waals surface area contributed by atoms with Gasteiger partial charge in [-0.25, -0.2) is 9.89 Å². The Labute approximate surface area is 138 Å². The lowest BCUT2D eigenvalue weighted by molar-refractivity contribution is -0.122. The van der Waals surface area contributed by atoms with E-state index in [0.29, 0.717) is 5.82 Å². The summed E-state index contributed by atoms with van der Waals surface area (Å²) in [6.45, 7) is 1.77. The fraction of sp³-hybridized carbons (Fsp3) is 0.167. The monoisotopic (exact) mass is 322 g/mol. The zero-order valence-corrected chi connectivity index (χ0v) is 13.2. The first kappa shape index (κ1) is 15.7. The second-order valence-electron chi connectivity index (χ2n) is 5.55. The van der Waals surface area contributed by atoms with Gasteiger partial charge in [-0.05, 0) is 18.1 Å². The lowest BCUT2D eigenvalue weighted by Crippen LogP contribution is -2.32. The smallest absolute Gasteiger partial charge is 0.340 e. The number of rotatable bonds is 5. The maximum Gasteiger partial charge on any atom is 0.340 e. The highest BCUT2D eigenvalue weighted by molar-refractivity contribution is 5.87. The summed E-state index contributed by atoms with van der Waals surface area (Å²) in [5.41, 5.74) is 1.42. The van der Waals surface area contributed by atoms with Gasteiger partial charge in [-0.15, -0.1) is 0 Å². The molecule has 0 saturated carbocycles. The topological polar surface area (TPSA) is 90.6 Å². The summed E-state index contributed by atoms with van der Waals surface area (Å²) in [5.74, 6) is -0.183. The number of carbonyl (C=O) groups excluding carboxylic acids is 1. The van der Waals surface area contributed by atoms with Crippen LogP contribution in [0, 0.1) is 0 Å². The van der Waals surface area contributed by atoms with Gasteiger partial charge in [-0.3, -0.25) is 9.78 Å². The number of H-pyrrole nitrogens is 2. The minimum absolute atomic E-state index is 0.149. The third kappa shape index (κ3) is 3.43. The first-order valence-corrected chi connectivity index (χ1v) is 7.70. The minimum atomic E-state index is -0.430. The molecule has 6 nitrogen and oxygen atoms in total.